The summed E-state index contributed by atoms with van der Waals surface area (Å²) >= 11 is 0. The normalized spacial score (nSPS) is 11.0. The molecular weight excluding hydrogens is 531 g/mol. The molecule has 1 aromatic heterocycles. The van der Waals surface area contributed by atoms with Gasteiger partial charge >= 0.3 is 11.6 Å². The molecule has 0 N–H and O–H groups in total. The van der Waals surface area contributed by atoms with E-state index in [4.69, 9.17) is 28.1 Å². The lowest BCUT2D eigenvalue weighted by atomic mass is 9.98. The molecule has 0 radical (unpaired) electrons. The Morgan fingerprint density at radius 2 is 1.54 bits per heavy atom. The predicted octanol–water partition coefficient (Wildman–Crippen LogP) is 5.93. The van der Waals surface area contributed by atoms with E-state index < -0.39 is 11.6 Å². The first-order valence-corrected chi connectivity index (χ1v) is 13.1. The molecule has 4 rings (SSSR count). The molecule has 0 aliphatic rings. The molecule has 9 heteroatoms. The van der Waals surface area contributed by atoms with Crippen molar-refractivity contribution in [2.75, 3.05) is 21.3 Å². The van der Waals surface area contributed by atoms with Crippen molar-refractivity contribution in [3.8, 4) is 23.0 Å². The average molecular weight is 565 g/mol. The van der Waals surface area contributed by atoms with Gasteiger partial charge < -0.3 is 28.1 Å². The van der Waals surface area contributed by atoms with Crippen LogP contribution in [0.4, 0.5) is 4.39 Å². The van der Waals surface area contributed by atoms with Crippen molar-refractivity contribution < 1.29 is 37.3 Å². The van der Waals surface area contributed by atoms with Gasteiger partial charge in [0.05, 0.1) is 39.4 Å². The van der Waals surface area contributed by atoms with Gasteiger partial charge in [0.1, 0.15) is 23.8 Å². The van der Waals surface area contributed by atoms with E-state index in [1.54, 1.807) is 30.3 Å². The van der Waals surface area contributed by atoms with E-state index in [0.29, 0.717) is 45.1 Å². The summed E-state index contributed by atoms with van der Waals surface area (Å²) in [6, 6.07) is 12.9. The third kappa shape index (κ3) is 6.62. The maximum Gasteiger partial charge on any atom is 0.340 e. The lowest BCUT2D eigenvalue weighted by Gasteiger charge is -2.17. The first kappa shape index (κ1) is 29.5. The maximum absolute atomic E-state index is 13.4. The standard InChI is InChI=1S/C32H33FO8/c1-18(2)40-26-12-11-23-19(3)24(13-20-7-9-22(33)10-8-20)32(35)41-30(23)25(26)17-39-29(34)16-21-14-27(36-4)31(38-6)28(15-21)37-5/h7-12,14-15,18H,13,16-17H2,1-6H3. The van der Waals surface area contributed by atoms with Gasteiger partial charge in [-0.2, -0.15) is 0 Å². The highest BCUT2D eigenvalue weighted by Gasteiger charge is 2.21. The Hall–Kier alpha value is -4.53. The highest BCUT2D eigenvalue weighted by atomic mass is 19.1. The smallest absolute Gasteiger partial charge is 0.340 e. The molecule has 0 fully saturated rings. The highest BCUT2D eigenvalue weighted by molar-refractivity contribution is 5.86. The monoisotopic (exact) mass is 564 g/mol. The van der Waals surface area contributed by atoms with E-state index in [2.05, 4.69) is 0 Å². The number of ether oxygens (including phenoxy) is 5. The molecule has 3 aromatic carbocycles. The lowest BCUT2D eigenvalue weighted by Crippen LogP contribution is -2.14. The summed E-state index contributed by atoms with van der Waals surface area (Å²) < 4.78 is 46.9. The molecule has 8 nitrogen and oxygen atoms in total. The number of halogens is 1. The van der Waals surface area contributed by atoms with Gasteiger partial charge in [-0.05, 0) is 73.9 Å². The second-order valence-corrected chi connectivity index (χ2v) is 9.75. The molecule has 41 heavy (non-hydrogen) atoms. The largest absolute Gasteiger partial charge is 0.493 e. The quantitative estimate of drug-likeness (QED) is 0.164. The Morgan fingerprint density at radius 1 is 0.878 bits per heavy atom. The molecule has 0 saturated carbocycles. The summed E-state index contributed by atoms with van der Waals surface area (Å²) in [7, 11) is 4.50. The van der Waals surface area contributed by atoms with Crippen molar-refractivity contribution >= 4 is 16.9 Å². The van der Waals surface area contributed by atoms with Crippen molar-refractivity contribution in [2.24, 2.45) is 0 Å². The van der Waals surface area contributed by atoms with Gasteiger partial charge in [0.15, 0.2) is 11.5 Å². The first-order valence-electron chi connectivity index (χ1n) is 13.1. The summed E-state index contributed by atoms with van der Waals surface area (Å²) in [5.74, 6) is 0.844. The molecule has 216 valence electrons. The number of hydrogen-bond acceptors (Lipinski definition) is 8. The topological polar surface area (TPSA) is 93.4 Å². The van der Waals surface area contributed by atoms with Gasteiger partial charge in [0.2, 0.25) is 5.75 Å². The summed E-state index contributed by atoms with van der Waals surface area (Å²) in [5, 5.41) is 0.688. The minimum absolute atomic E-state index is 0.0629. The van der Waals surface area contributed by atoms with Crippen LogP contribution in [0.3, 0.4) is 0 Å². The fourth-order valence-corrected chi connectivity index (χ4v) is 4.61. The van der Waals surface area contributed by atoms with Gasteiger partial charge in [-0.15, -0.1) is 0 Å². The number of fused-ring (bicyclic) bond motifs is 1. The Morgan fingerprint density at radius 3 is 2.12 bits per heavy atom. The molecular formula is C32H33FO8. The number of carbonyl (C=O) groups is 1. The molecule has 0 aliphatic carbocycles. The summed E-state index contributed by atoms with van der Waals surface area (Å²) in [4.78, 5) is 26.1. The molecule has 0 atom stereocenters. The van der Waals surface area contributed by atoms with Crippen molar-refractivity contribution in [3.05, 3.63) is 92.6 Å². The van der Waals surface area contributed by atoms with Gasteiger partial charge in [0, 0.05) is 17.4 Å². The molecule has 0 unspecified atom stereocenters. The number of rotatable bonds is 11. The molecule has 0 spiro atoms. The van der Waals surface area contributed by atoms with Gasteiger partial charge in [-0.25, -0.2) is 9.18 Å². The van der Waals surface area contributed by atoms with Crippen molar-refractivity contribution in [2.45, 2.75) is 46.3 Å². The third-order valence-corrected chi connectivity index (χ3v) is 6.62. The number of hydrogen-bond donors (Lipinski definition) is 0. The van der Waals surface area contributed by atoms with Gasteiger partial charge in [0.25, 0.3) is 0 Å². The SMILES string of the molecule is COc1cc(CC(=O)OCc2c(OC(C)C)ccc3c(C)c(Cc4ccc(F)cc4)c(=O)oc23)cc(OC)c1OC. The number of carbonyl (C=O) groups excluding carboxylic acids is 1. The minimum Gasteiger partial charge on any atom is -0.493 e. The van der Waals surface area contributed by atoms with Crippen LogP contribution < -0.4 is 24.6 Å². The van der Waals surface area contributed by atoms with Crippen molar-refractivity contribution in [1.29, 1.82) is 0 Å². The van der Waals surface area contributed by atoms with Crippen LogP contribution in [-0.4, -0.2) is 33.4 Å². The Kier molecular flexibility index (Phi) is 9.17. The van der Waals surface area contributed by atoms with E-state index in [1.165, 1.54) is 33.5 Å². The molecule has 4 aromatic rings. The molecule has 0 aliphatic heterocycles. The molecule has 1 heterocycles. The molecule has 0 bridgehead atoms. The summed E-state index contributed by atoms with van der Waals surface area (Å²) in [6.07, 6.45) is 0.0482. The zero-order valence-electron chi connectivity index (χ0n) is 24.0. The van der Waals surface area contributed by atoms with E-state index in [0.717, 1.165) is 11.1 Å². The number of benzene rings is 3. The Bertz CT molecular complexity index is 1580. The predicted molar refractivity (Wildman–Crippen MR) is 152 cm³/mol. The lowest BCUT2D eigenvalue weighted by molar-refractivity contribution is -0.144. The maximum atomic E-state index is 13.4. The number of esters is 1. The van der Waals surface area contributed by atoms with E-state index in [-0.39, 0.29) is 37.0 Å². The zero-order valence-corrected chi connectivity index (χ0v) is 24.0. The van der Waals surface area contributed by atoms with Crippen molar-refractivity contribution in [1.82, 2.24) is 0 Å². The van der Waals surface area contributed by atoms with E-state index >= 15 is 0 Å². The van der Waals surface area contributed by atoms with Crippen LogP contribution in [0.2, 0.25) is 0 Å². The second kappa shape index (κ2) is 12.8. The Balaban J connectivity index is 1.65. The highest BCUT2D eigenvalue weighted by Crippen LogP contribution is 2.38. The van der Waals surface area contributed by atoms with Crippen LogP contribution in [0, 0.1) is 12.7 Å². The van der Waals surface area contributed by atoms with Crippen LogP contribution in [0.15, 0.2) is 57.7 Å². The summed E-state index contributed by atoms with van der Waals surface area (Å²) in [5.41, 5.74) is 2.78. The second-order valence-electron chi connectivity index (χ2n) is 9.75. The average Bonchev–Trinajstić information content (AvgIpc) is 2.94. The summed E-state index contributed by atoms with van der Waals surface area (Å²) in [6.45, 7) is 5.40. The van der Waals surface area contributed by atoms with Crippen LogP contribution >= 0.6 is 0 Å². The van der Waals surface area contributed by atoms with E-state index in [1.807, 2.05) is 26.8 Å². The van der Waals surface area contributed by atoms with Gasteiger partial charge in [-0.1, -0.05) is 12.1 Å². The van der Waals surface area contributed by atoms with E-state index in [9.17, 15) is 14.0 Å². The third-order valence-electron chi connectivity index (χ3n) is 6.62. The fraction of sp³-hybridized carbons (Fsp3) is 0.312. The van der Waals surface area contributed by atoms with Crippen LogP contribution in [-0.2, 0) is 29.0 Å². The minimum atomic E-state index is -0.522. The number of methoxy groups -OCH3 is 3. The fourth-order valence-electron chi connectivity index (χ4n) is 4.61. The van der Waals surface area contributed by atoms with Crippen molar-refractivity contribution in [3.63, 3.8) is 0 Å². The molecule has 0 saturated heterocycles. The van der Waals surface area contributed by atoms with Crippen LogP contribution in [0.25, 0.3) is 11.0 Å². The van der Waals surface area contributed by atoms with Crippen LogP contribution in [0.1, 0.15) is 41.7 Å². The zero-order chi connectivity index (χ0) is 29.7. The van der Waals surface area contributed by atoms with Gasteiger partial charge in [-0.3, -0.25) is 4.79 Å². The first-order chi connectivity index (χ1) is 19.6. The number of aryl methyl sites for hydroxylation is 1. The Labute approximate surface area is 237 Å². The molecule has 0 amide bonds. The van der Waals surface area contributed by atoms with Crippen LogP contribution in [0.5, 0.6) is 23.0 Å².